The zero-order valence-electron chi connectivity index (χ0n) is 11.8. The molecule has 1 heterocycles. The Kier molecular flexibility index (Phi) is 6.19. The van der Waals surface area contributed by atoms with Gasteiger partial charge >= 0.3 is 0 Å². The average molecular weight is 322 g/mol. The van der Waals surface area contributed by atoms with Gasteiger partial charge in [-0.15, -0.1) is 0 Å². The Morgan fingerprint density at radius 2 is 2.20 bits per heavy atom. The van der Waals surface area contributed by atoms with Gasteiger partial charge in [-0.2, -0.15) is 4.31 Å². The third kappa shape index (κ3) is 3.82. The van der Waals surface area contributed by atoms with E-state index >= 15 is 0 Å². The first-order chi connectivity index (χ1) is 9.34. The van der Waals surface area contributed by atoms with Crippen molar-refractivity contribution < 1.29 is 13.2 Å². The van der Waals surface area contributed by atoms with Crippen molar-refractivity contribution in [3.8, 4) is 0 Å². The number of sulfonamides is 1. The van der Waals surface area contributed by atoms with E-state index in [-0.39, 0.29) is 28.3 Å². The van der Waals surface area contributed by atoms with E-state index < -0.39 is 10.0 Å². The summed E-state index contributed by atoms with van der Waals surface area (Å²) in [7, 11) is -2.14. The molecule has 2 N–H and O–H groups in total. The van der Waals surface area contributed by atoms with Crippen LogP contribution in [0.25, 0.3) is 0 Å². The Morgan fingerprint density at radius 3 is 2.70 bits per heavy atom. The molecule has 1 atom stereocenters. The standard InChI is InChI=1S/C12H20ClN3O3S/c1-4-9(2)16(5-6-19-3)20(17,18)10-7-11(13)12(14)15-8-10/h7-9H,4-6H2,1-3H3,(H2,14,15). The van der Waals surface area contributed by atoms with Gasteiger partial charge in [-0.25, -0.2) is 13.4 Å². The van der Waals surface area contributed by atoms with E-state index in [1.807, 2.05) is 13.8 Å². The first-order valence-corrected chi connectivity index (χ1v) is 8.08. The predicted molar refractivity (Wildman–Crippen MR) is 79.2 cm³/mol. The van der Waals surface area contributed by atoms with Gasteiger partial charge in [0.05, 0.1) is 11.6 Å². The summed E-state index contributed by atoms with van der Waals surface area (Å²) in [5.41, 5.74) is 5.50. The largest absolute Gasteiger partial charge is 0.383 e. The molecule has 0 amide bonds. The first kappa shape index (κ1) is 17.2. The molecule has 0 bridgehead atoms. The Morgan fingerprint density at radius 1 is 1.55 bits per heavy atom. The van der Waals surface area contributed by atoms with Gasteiger partial charge in [0, 0.05) is 25.9 Å². The van der Waals surface area contributed by atoms with Gasteiger partial charge in [0.25, 0.3) is 0 Å². The Labute approximate surface area is 124 Å². The summed E-state index contributed by atoms with van der Waals surface area (Å²) in [6.45, 7) is 4.36. The minimum absolute atomic E-state index is 0.0353. The molecule has 1 unspecified atom stereocenters. The maximum absolute atomic E-state index is 12.6. The van der Waals surface area contributed by atoms with Gasteiger partial charge in [-0.05, 0) is 19.4 Å². The van der Waals surface area contributed by atoms with Gasteiger partial charge < -0.3 is 10.5 Å². The SMILES string of the molecule is CCC(C)N(CCOC)S(=O)(=O)c1cnc(N)c(Cl)c1. The van der Waals surface area contributed by atoms with Crippen LogP contribution in [0.15, 0.2) is 17.2 Å². The molecule has 0 aliphatic heterocycles. The summed E-state index contributed by atoms with van der Waals surface area (Å²) < 4.78 is 31.6. The number of pyridine rings is 1. The quantitative estimate of drug-likeness (QED) is 0.827. The number of methoxy groups -OCH3 is 1. The van der Waals surface area contributed by atoms with Crippen LogP contribution in [-0.2, 0) is 14.8 Å². The Hall–Kier alpha value is -0.890. The number of anilines is 1. The lowest BCUT2D eigenvalue weighted by atomic mass is 10.3. The normalized spacial score (nSPS) is 13.7. The number of nitrogens with zero attached hydrogens (tertiary/aromatic N) is 2. The van der Waals surface area contributed by atoms with E-state index in [0.29, 0.717) is 13.0 Å². The third-order valence-corrected chi connectivity index (χ3v) is 5.33. The summed E-state index contributed by atoms with van der Waals surface area (Å²) in [6, 6.07) is 1.17. The Balaban J connectivity index is 3.17. The number of hydrogen-bond acceptors (Lipinski definition) is 5. The smallest absolute Gasteiger partial charge is 0.244 e. The van der Waals surface area contributed by atoms with Crippen molar-refractivity contribution in [3.05, 3.63) is 17.3 Å². The number of nitrogens with two attached hydrogens (primary N) is 1. The molecule has 0 aliphatic rings. The van der Waals surface area contributed by atoms with E-state index in [9.17, 15) is 8.42 Å². The fourth-order valence-corrected chi connectivity index (χ4v) is 3.56. The van der Waals surface area contributed by atoms with Crippen LogP contribution in [-0.4, -0.2) is 44.0 Å². The van der Waals surface area contributed by atoms with Crippen LogP contribution >= 0.6 is 11.6 Å². The molecule has 0 aromatic carbocycles. The fourth-order valence-electron chi connectivity index (χ4n) is 1.67. The molecule has 114 valence electrons. The van der Waals surface area contributed by atoms with E-state index in [0.717, 1.165) is 0 Å². The second-order valence-electron chi connectivity index (χ2n) is 4.40. The molecule has 0 radical (unpaired) electrons. The second-order valence-corrected chi connectivity index (χ2v) is 6.70. The van der Waals surface area contributed by atoms with Crippen LogP contribution in [0.3, 0.4) is 0 Å². The molecule has 0 aliphatic carbocycles. The lowest BCUT2D eigenvalue weighted by Crippen LogP contribution is -2.40. The summed E-state index contributed by atoms with van der Waals surface area (Å²) in [5.74, 6) is 0.109. The van der Waals surface area contributed by atoms with Crippen molar-refractivity contribution in [1.29, 1.82) is 0 Å². The van der Waals surface area contributed by atoms with Gasteiger partial charge in [0.15, 0.2) is 0 Å². The molecule has 0 saturated heterocycles. The van der Waals surface area contributed by atoms with Crippen molar-refractivity contribution in [3.63, 3.8) is 0 Å². The molecule has 1 aromatic heterocycles. The number of hydrogen-bond donors (Lipinski definition) is 1. The maximum Gasteiger partial charge on any atom is 0.244 e. The van der Waals surface area contributed by atoms with Crippen LogP contribution in [0.5, 0.6) is 0 Å². The molecule has 8 heteroatoms. The highest BCUT2D eigenvalue weighted by atomic mass is 35.5. The number of rotatable bonds is 7. The zero-order valence-corrected chi connectivity index (χ0v) is 13.4. The number of halogens is 1. The highest BCUT2D eigenvalue weighted by Gasteiger charge is 2.28. The molecule has 6 nitrogen and oxygen atoms in total. The van der Waals surface area contributed by atoms with Crippen LogP contribution in [0.2, 0.25) is 5.02 Å². The van der Waals surface area contributed by atoms with Gasteiger partial charge in [0.1, 0.15) is 10.7 Å². The van der Waals surface area contributed by atoms with Crippen molar-refractivity contribution in [2.75, 3.05) is 26.0 Å². The Bertz CT molecular complexity index is 551. The van der Waals surface area contributed by atoms with Gasteiger partial charge in [-0.1, -0.05) is 18.5 Å². The topological polar surface area (TPSA) is 85.5 Å². The lowest BCUT2D eigenvalue weighted by molar-refractivity contribution is 0.167. The second kappa shape index (κ2) is 7.21. The number of nitrogen functional groups attached to an aromatic ring is 1. The van der Waals surface area contributed by atoms with Crippen molar-refractivity contribution >= 4 is 27.4 Å². The highest BCUT2D eigenvalue weighted by molar-refractivity contribution is 7.89. The molecule has 1 aromatic rings. The predicted octanol–water partition coefficient (Wildman–Crippen LogP) is 1.75. The summed E-state index contributed by atoms with van der Waals surface area (Å²) in [4.78, 5) is 3.84. The van der Waals surface area contributed by atoms with Crippen LogP contribution in [0.1, 0.15) is 20.3 Å². The zero-order chi connectivity index (χ0) is 15.3. The van der Waals surface area contributed by atoms with Crippen LogP contribution in [0, 0.1) is 0 Å². The summed E-state index contributed by atoms with van der Waals surface area (Å²) >= 11 is 5.85. The minimum atomic E-state index is -3.67. The van der Waals surface area contributed by atoms with E-state index in [2.05, 4.69) is 4.98 Å². The molecule has 0 saturated carbocycles. The third-order valence-electron chi connectivity index (χ3n) is 3.05. The van der Waals surface area contributed by atoms with Crippen molar-refractivity contribution in [1.82, 2.24) is 9.29 Å². The molecule has 20 heavy (non-hydrogen) atoms. The van der Waals surface area contributed by atoms with Gasteiger partial charge in [0.2, 0.25) is 10.0 Å². The highest BCUT2D eigenvalue weighted by Crippen LogP contribution is 2.24. The minimum Gasteiger partial charge on any atom is -0.383 e. The van der Waals surface area contributed by atoms with E-state index in [1.54, 1.807) is 0 Å². The van der Waals surface area contributed by atoms with Crippen molar-refractivity contribution in [2.24, 2.45) is 0 Å². The molecule has 0 spiro atoms. The number of aromatic nitrogens is 1. The molecule has 0 fully saturated rings. The summed E-state index contributed by atoms with van der Waals surface area (Å²) in [6.07, 6.45) is 1.91. The van der Waals surface area contributed by atoms with Gasteiger partial charge in [-0.3, -0.25) is 0 Å². The average Bonchev–Trinajstić information content (AvgIpc) is 2.41. The summed E-state index contributed by atoms with van der Waals surface area (Å²) in [5, 5.41) is 0.127. The fraction of sp³-hybridized carbons (Fsp3) is 0.583. The van der Waals surface area contributed by atoms with Crippen molar-refractivity contribution in [2.45, 2.75) is 31.2 Å². The number of ether oxygens (including phenoxy) is 1. The van der Waals surface area contributed by atoms with E-state index in [1.165, 1.54) is 23.7 Å². The van der Waals surface area contributed by atoms with Crippen LogP contribution in [0.4, 0.5) is 5.82 Å². The molecular formula is C12H20ClN3O3S. The maximum atomic E-state index is 12.6. The molecular weight excluding hydrogens is 302 g/mol. The first-order valence-electron chi connectivity index (χ1n) is 6.26. The van der Waals surface area contributed by atoms with E-state index in [4.69, 9.17) is 22.1 Å². The lowest BCUT2D eigenvalue weighted by Gasteiger charge is -2.27. The monoisotopic (exact) mass is 321 g/mol. The molecule has 1 rings (SSSR count). The van der Waals surface area contributed by atoms with Crippen LogP contribution < -0.4 is 5.73 Å².